The predicted molar refractivity (Wildman–Crippen MR) is 142 cm³/mol. The van der Waals surface area contributed by atoms with Crippen LogP contribution in [-0.2, 0) is 23.1 Å². The molecule has 1 aliphatic rings. The van der Waals surface area contributed by atoms with E-state index >= 15 is 0 Å². The second-order valence-corrected chi connectivity index (χ2v) is 10.8. The van der Waals surface area contributed by atoms with Crippen molar-refractivity contribution in [2.45, 2.75) is 44.8 Å². The smallest absolute Gasteiger partial charge is 0.408 e. The molecule has 3 heterocycles. The van der Waals surface area contributed by atoms with Crippen LogP contribution in [0.2, 0.25) is 0 Å². The van der Waals surface area contributed by atoms with E-state index in [-0.39, 0.29) is 11.9 Å². The van der Waals surface area contributed by atoms with E-state index in [2.05, 4.69) is 30.8 Å². The molecule has 5 aromatic rings. The van der Waals surface area contributed by atoms with Crippen LogP contribution in [0.4, 0.5) is 20.7 Å². The number of nitrogens with one attached hydrogen (secondary N) is 3. The summed E-state index contributed by atoms with van der Waals surface area (Å²) in [6.45, 7) is 3.73. The first-order valence-corrected chi connectivity index (χ1v) is 12.9. The number of fused-ring (bicyclic) bond motifs is 4. The Bertz CT molecular complexity index is 1610. The molecular weight excluding hydrogens is 491 g/mol. The molecule has 37 heavy (non-hydrogen) atoms. The minimum atomic E-state index is -0.697. The highest BCUT2D eigenvalue weighted by molar-refractivity contribution is 7.19. The SMILES string of the molecule is CC(C)(NC(=O)OC1CCc2c(sc3ncnc(Nc4ccc5[nH]ncc5c4)c23)C1)c1ccc(F)cc1. The lowest BCUT2D eigenvalue weighted by molar-refractivity contribution is 0.0831. The molecule has 1 atom stereocenters. The number of benzene rings is 2. The van der Waals surface area contributed by atoms with Crippen LogP contribution < -0.4 is 10.6 Å². The van der Waals surface area contributed by atoms with Crippen molar-refractivity contribution in [2.24, 2.45) is 0 Å². The molecule has 1 unspecified atom stereocenters. The minimum Gasteiger partial charge on any atom is -0.446 e. The van der Waals surface area contributed by atoms with Crippen LogP contribution in [-0.4, -0.2) is 32.4 Å². The van der Waals surface area contributed by atoms with E-state index in [1.165, 1.54) is 17.7 Å². The Morgan fingerprint density at radius 1 is 1.19 bits per heavy atom. The normalized spacial score (nSPS) is 15.5. The molecule has 10 heteroatoms. The average molecular weight is 517 g/mol. The summed E-state index contributed by atoms with van der Waals surface area (Å²) in [7, 11) is 0. The summed E-state index contributed by atoms with van der Waals surface area (Å²) in [5, 5.41) is 15.5. The summed E-state index contributed by atoms with van der Waals surface area (Å²) >= 11 is 1.62. The fraction of sp³-hybridized carbons (Fsp3) is 0.259. The van der Waals surface area contributed by atoms with Gasteiger partial charge in [0, 0.05) is 22.4 Å². The second kappa shape index (κ2) is 9.11. The van der Waals surface area contributed by atoms with Gasteiger partial charge in [-0.15, -0.1) is 11.3 Å². The van der Waals surface area contributed by atoms with Gasteiger partial charge in [-0.3, -0.25) is 5.10 Å². The van der Waals surface area contributed by atoms with Crippen molar-refractivity contribution in [3.8, 4) is 0 Å². The summed E-state index contributed by atoms with van der Waals surface area (Å²) in [6, 6.07) is 12.1. The largest absolute Gasteiger partial charge is 0.446 e. The highest BCUT2D eigenvalue weighted by atomic mass is 32.1. The summed E-state index contributed by atoms with van der Waals surface area (Å²) in [5.74, 6) is 0.453. The summed E-state index contributed by atoms with van der Waals surface area (Å²) < 4.78 is 19.1. The highest BCUT2D eigenvalue weighted by Gasteiger charge is 2.30. The maximum atomic E-state index is 13.3. The van der Waals surface area contributed by atoms with Crippen molar-refractivity contribution in [3.05, 3.63) is 76.8 Å². The van der Waals surface area contributed by atoms with Crippen LogP contribution in [0, 0.1) is 5.82 Å². The number of ether oxygens (including phenoxy) is 1. The quantitative estimate of drug-likeness (QED) is 0.266. The molecule has 0 bridgehead atoms. The van der Waals surface area contributed by atoms with E-state index in [0.717, 1.165) is 49.5 Å². The molecule has 0 spiro atoms. The zero-order chi connectivity index (χ0) is 25.6. The number of nitrogens with zero attached hydrogens (tertiary/aromatic N) is 3. The number of hydrogen-bond acceptors (Lipinski definition) is 7. The maximum absolute atomic E-state index is 13.3. The van der Waals surface area contributed by atoms with E-state index in [1.54, 1.807) is 36.0 Å². The Kier molecular flexibility index (Phi) is 5.75. The number of thiophene rings is 1. The first-order valence-electron chi connectivity index (χ1n) is 12.1. The van der Waals surface area contributed by atoms with Crippen molar-refractivity contribution in [3.63, 3.8) is 0 Å². The lowest BCUT2D eigenvalue weighted by atomic mass is 9.94. The number of hydrogen-bond donors (Lipinski definition) is 3. The first-order chi connectivity index (χ1) is 17.9. The number of anilines is 2. The number of H-pyrrole nitrogens is 1. The van der Waals surface area contributed by atoms with Crippen LogP contribution in [0.15, 0.2) is 55.0 Å². The lowest BCUT2D eigenvalue weighted by Gasteiger charge is -2.29. The molecule has 0 fully saturated rings. The maximum Gasteiger partial charge on any atom is 0.408 e. The van der Waals surface area contributed by atoms with Crippen molar-refractivity contribution in [1.82, 2.24) is 25.5 Å². The van der Waals surface area contributed by atoms with Crippen LogP contribution in [0.25, 0.3) is 21.1 Å². The molecule has 0 aliphatic heterocycles. The number of aryl methyl sites for hydroxylation is 1. The monoisotopic (exact) mass is 516 g/mol. The Hall–Kier alpha value is -4.05. The standard InChI is InChI=1S/C27H25FN6O2S/c1-27(2,16-3-5-17(28)6-4-16)33-26(35)36-19-8-9-20-22(12-19)37-25-23(20)24(29-14-30-25)32-18-7-10-21-15(11-18)13-31-34-21/h3-7,10-11,13-14,19H,8-9,12H2,1-2H3,(H,31,34)(H,33,35)(H,29,30,32). The molecule has 1 aliphatic carbocycles. The predicted octanol–water partition coefficient (Wildman–Crippen LogP) is 5.97. The molecule has 188 valence electrons. The Morgan fingerprint density at radius 3 is 2.86 bits per heavy atom. The fourth-order valence-electron chi connectivity index (χ4n) is 4.81. The van der Waals surface area contributed by atoms with Crippen molar-refractivity contribution in [2.75, 3.05) is 5.32 Å². The van der Waals surface area contributed by atoms with Gasteiger partial charge in [0.1, 0.15) is 28.9 Å². The molecule has 3 aromatic heterocycles. The zero-order valence-corrected chi connectivity index (χ0v) is 21.2. The Labute approximate surface area is 216 Å². The number of carbonyl (C=O) groups is 1. The topological polar surface area (TPSA) is 105 Å². The van der Waals surface area contributed by atoms with Crippen LogP contribution >= 0.6 is 11.3 Å². The number of carbonyl (C=O) groups excluding carboxylic acids is 1. The summed E-state index contributed by atoms with van der Waals surface area (Å²) in [5.41, 5.74) is 3.21. The van der Waals surface area contributed by atoms with Crippen LogP contribution in [0.3, 0.4) is 0 Å². The molecule has 8 nitrogen and oxygen atoms in total. The van der Waals surface area contributed by atoms with Crippen molar-refractivity contribution < 1.29 is 13.9 Å². The number of amides is 1. The van der Waals surface area contributed by atoms with E-state index in [9.17, 15) is 9.18 Å². The number of rotatable bonds is 5. The third-order valence-corrected chi connectivity index (χ3v) is 7.92. The molecule has 0 saturated carbocycles. The molecular formula is C27H25FN6O2S. The molecule has 6 rings (SSSR count). The minimum absolute atomic E-state index is 0.238. The molecule has 2 aromatic carbocycles. The van der Waals surface area contributed by atoms with Gasteiger partial charge in [-0.1, -0.05) is 12.1 Å². The second-order valence-electron chi connectivity index (χ2n) is 9.73. The molecule has 1 amide bonds. The van der Waals surface area contributed by atoms with Gasteiger partial charge in [-0.25, -0.2) is 19.2 Å². The van der Waals surface area contributed by atoms with Gasteiger partial charge in [0.25, 0.3) is 0 Å². The van der Waals surface area contributed by atoms with E-state index in [0.29, 0.717) is 12.8 Å². The van der Waals surface area contributed by atoms with E-state index in [1.807, 2.05) is 32.0 Å². The lowest BCUT2D eigenvalue weighted by Crippen LogP contribution is -2.43. The fourth-order valence-corrected chi connectivity index (χ4v) is 6.06. The van der Waals surface area contributed by atoms with Gasteiger partial charge in [-0.05, 0) is 68.1 Å². The van der Waals surface area contributed by atoms with Gasteiger partial charge < -0.3 is 15.4 Å². The van der Waals surface area contributed by atoms with Crippen LogP contribution in [0.5, 0.6) is 0 Å². The van der Waals surface area contributed by atoms with E-state index in [4.69, 9.17) is 4.74 Å². The molecule has 0 saturated heterocycles. The van der Waals surface area contributed by atoms with E-state index < -0.39 is 11.6 Å². The average Bonchev–Trinajstić information content (AvgIpc) is 3.48. The van der Waals surface area contributed by atoms with Gasteiger partial charge in [-0.2, -0.15) is 5.10 Å². The Morgan fingerprint density at radius 2 is 2.03 bits per heavy atom. The first kappa shape index (κ1) is 23.4. The van der Waals surface area contributed by atoms with Gasteiger partial charge in [0.2, 0.25) is 0 Å². The molecule has 0 radical (unpaired) electrons. The Balaban J connectivity index is 1.18. The van der Waals surface area contributed by atoms with Gasteiger partial charge in [0.05, 0.1) is 22.6 Å². The van der Waals surface area contributed by atoms with Crippen LogP contribution in [0.1, 0.15) is 36.3 Å². The number of aromatic amines is 1. The number of halogens is 1. The third-order valence-electron chi connectivity index (χ3n) is 6.76. The zero-order valence-electron chi connectivity index (χ0n) is 20.3. The van der Waals surface area contributed by atoms with Gasteiger partial charge in [0.15, 0.2) is 0 Å². The van der Waals surface area contributed by atoms with Crippen molar-refractivity contribution >= 4 is 50.1 Å². The summed E-state index contributed by atoms with van der Waals surface area (Å²) in [6.07, 6.45) is 4.73. The number of alkyl carbamates (subject to hydrolysis) is 1. The molecule has 3 N–H and O–H groups in total. The van der Waals surface area contributed by atoms with Gasteiger partial charge >= 0.3 is 6.09 Å². The van der Waals surface area contributed by atoms with Crippen molar-refractivity contribution in [1.29, 1.82) is 0 Å². The highest BCUT2D eigenvalue weighted by Crippen LogP contribution is 2.39. The summed E-state index contributed by atoms with van der Waals surface area (Å²) in [4.78, 5) is 23.9. The number of aromatic nitrogens is 4. The third kappa shape index (κ3) is 4.60.